The van der Waals surface area contributed by atoms with Gasteiger partial charge in [0.05, 0.1) is 11.6 Å². The van der Waals surface area contributed by atoms with Crippen molar-refractivity contribution < 1.29 is 14.0 Å². The van der Waals surface area contributed by atoms with Gasteiger partial charge in [0.15, 0.2) is 0 Å². The largest absolute Gasteiger partial charge is 0.348 e. The van der Waals surface area contributed by atoms with Crippen molar-refractivity contribution in [3.63, 3.8) is 0 Å². The third-order valence-corrected chi connectivity index (χ3v) is 9.09. The zero-order valence-electron chi connectivity index (χ0n) is 20.5. The Bertz CT molecular complexity index is 1350. The molecule has 0 bridgehead atoms. The molecule has 1 unspecified atom stereocenters. The van der Waals surface area contributed by atoms with Crippen molar-refractivity contribution in [2.24, 2.45) is 0 Å². The molecule has 198 valence electrons. The molecule has 1 aliphatic carbocycles. The molecule has 2 saturated heterocycles. The predicted octanol–water partition coefficient (Wildman–Crippen LogP) is 1.52. The van der Waals surface area contributed by atoms with E-state index in [-0.39, 0.29) is 40.8 Å². The first-order chi connectivity index (χ1) is 17.9. The summed E-state index contributed by atoms with van der Waals surface area (Å²) in [6.45, 7) is 1.51. The molecule has 0 radical (unpaired) electrons. The van der Waals surface area contributed by atoms with E-state index in [1.807, 2.05) is 17.8 Å². The number of nitrogens with zero attached hydrogens (tertiary/aromatic N) is 3. The van der Waals surface area contributed by atoms with Crippen LogP contribution in [0.4, 0.5) is 4.39 Å². The Balaban J connectivity index is 1.22. The summed E-state index contributed by atoms with van der Waals surface area (Å²) in [6, 6.07) is 0.740. The van der Waals surface area contributed by atoms with Gasteiger partial charge < -0.3 is 10.6 Å². The van der Waals surface area contributed by atoms with Gasteiger partial charge in [0.25, 0.3) is 11.5 Å². The van der Waals surface area contributed by atoms with Crippen molar-refractivity contribution in [2.45, 2.75) is 68.7 Å². The van der Waals surface area contributed by atoms with E-state index in [0.717, 1.165) is 43.5 Å². The normalized spacial score (nSPS) is 28.4. The molecule has 5 heterocycles. The number of hydrogen-bond acceptors (Lipinski definition) is 8. The number of pyridine rings is 1. The van der Waals surface area contributed by atoms with E-state index >= 15 is 0 Å². The fraction of sp³-hybridized carbons (Fsp3) is 0.600. The standard InChI is InChI=1S/C25H31FN6O4S/c26-15-11-19-21(28-13-15)31(18-5-9-37-10-6-18)24(35)32(23(19)34)17-3-1-16(2-4-17)29-22(33)20-12-25(36-30-20)7-8-27-14-25/h11-13,16-18,27,30H,1-10,14H2,(H,29,33). The molecule has 0 aromatic carbocycles. The molecule has 6 rings (SSSR count). The molecular weight excluding hydrogens is 499 g/mol. The van der Waals surface area contributed by atoms with Gasteiger partial charge in [0.2, 0.25) is 0 Å². The van der Waals surface area contributed by atoms with E-state index < -0.39 is 17.0 Å². The number of hydroxylamine groups is 1. The average molecular weight is 531 g/mol. The lowest BCUT2D eigenvalue weighted by atomic mass is 9.90. The van der Waals surface area contributed by atoms with E-state index in [0.29, 0.717) is 37.9 Å². The number of carbonyl (C=O) groups is 1. The highest BCUT2D eigenvalue weighted by Gasteiger charge is 2.40. The average Bonchev–Trinajstić information content (AvgIpc) is 3.56. The Morgan fingerprint density at radius 1 is 1.14 bits per heavy atom. The SMILES string of the molecule is O=C(NC1CCC(n2c(=O)c3cc(F)cnc3n(C3CCSCC3)c2=O)CC1)C1=CC2(CCNC2)ON1. The molecule has 10 nitrogen and oxygen atoms in total. The van der Waals surface area contributed by atoms with Gasteiger partial charge in [0.1, 0.15) is 22.8 Å². The third kappa shape index (κ3) is 4.59. The molecule has 1 spiro atoms. The van der Waals surface area contributed by atoms with Crippen LogP contribution in [0.3, 0.4) is 0 Å². The topological polar surface area (TPSA) is 119 Å². The predicted molar refractivity (Wildman–Crippen MR) is 138 cm³/mol. The summed E-state index contributed by atoms with van der Waals surface area (Å²) >= 11 is 1.84. The second-order valence-corrected chi connectivity index (χ2v) is 11.7. The number of amides is 1. The second kappa shape index (κ2) is 9.88. The molecular formula is C25H31FN6O4S. The fourth-order valence-corrected chi connectivity index (χ4v) is 7.11. The minimum absolute atomic E-state index is 0.0653. The number of carbonyl (C=O) groups excluding carboxylic acids is 1. The van der Waals surface area contributed by atoms with Crippen LogP contribution < -0.4 is 27.4 Å². The van der Waals surface area contributed by atoms with Gasteiger partial charge in [-0.25, -0.2) is 14.2 Å². The molecule has 37 heavy (non-hydrogen) atoms. The molecule has 3 N–H and O–H groups in total. The van der Waals surface area contributed by atoms with Crippen molar-refractivity contribution in [3.8, 4) is 0 Å². The Hall–Kier alpha value is -2.70. The first-order valence-electron chi connectivity index (χ1n) is 13.0. The number of thioether (sulfide) groups is 1. The highest BCUT2D eigenvalue weighted by Crippen LogP contribution is 2.31. The maximum Gasteiger partial charge on any atom is 0.333 e. The number of aromatic nitrogens is 3. The number of halogens is 1. The molecule has 3 aliphatic heterocycles. The van der Waals surface area contributed by atoms with Crippen LogP contribution in [0.15, 0.2) is 33.6 Å². The summed E-state index contributed by atoms with van der Waals surface area (Å²) in [4.78, 5) is 49.8. The molecule has 12 heteroatoms. The fourth-order valence-electron chi connectivity index (χ4n) is 6.03. The van der Waals surface area contributed by atoms with E-state index in [9.17, 15) is 18.8 Å². The number of nitrogens with one attached hydrogen (secondary N) is 3. The minimum atomic E-state index is -0.596. The quantitative estimate of drug-likeness (QED) is 0.545. The smallest absolute Gasteiger partial charge is 0.333 e. The van der Waals surface area contributed by atoms with Gasteiger partial charge in [-0.3, -0.25) is 29.0 Å². The van der Waals surface area contributed by atoms with Gasteiger partial charge in [-0.1, -0.05) is 0 Å². The maximum absolute atomic E-state index is 14.1. The summed E-state index contributed by atoms with van der Waals surface area (Å²) in [7, 11) is 0. The molecule has 2 aromatic rings. The van der Waals surface area contributed by atoms with Gasteiger partial charge in [-0.05, 0) is 75.1 Å². The van der Waals surface area contributed by atoms with Crippen LogP contribution >= 0.6 is 11.8 Å². The van der Waals surface area contributed by atoms with Crippen LogP contribution in [0.5, 0.6) is 0 Å². The minimum Gasteiger partial charge on any atom is -0.348 e. The summed E-state index contributed by atoms with van der Waals surface area (Å²) in [5.41, 5.74) is 2.13. The van der Waals surface area contributed by atoms with Crippen molar-refractivity contribution in [3.05, 3.63) is 50.7 Å². The highest BCUT2D eigenvalue weighted by molar-refractivity contribution is 7.99. The molecule has 1 amide bonds. The zero-order chi connectivity index (χ0) is 25.6. The van der Waals surface area contributed by atoms with Gasteiger partial charge in [-0.15, -0.1) is 0 Å². The van der Waals surface area contributed by atoms with Gasteiger partial charge in [-0.2, -0.15) is 11.8 Å². The van der Waals surface area contributed by atoms with Crippen LogP contribution in [0.25, 0.3) is 11.0 Å². The van der Waals surface area contributed by atoms with Crippen LogP contribution in [0.1, 0.15) is 57.0 Å². The Labute approximate surface area is 217 Å². The van der Waals surface area contributed by atoms with Crippen molar-refractivity contribution in [2.75, 3.05) is 24.6 Å². The number of hydrogen-bond donors (Lipinski definition) is 3. The summed E-state index contributed by atoms with van der Waals surface area (Å²) in [5.74, 6) is 1.05. The molecule has 3 fully saturated rings. The summed E-state index contributed by atoms with van der Waals surface area (Å²) in [5, 5.41) is 6.45. The van der Waals surface area contributed by atoms with Crippen molar-refractivity contribution in [1.82, 2.24) is 30.2 Å². The monoisotopic (exact) mass is 530 g/mol. The maximum atomic E-state index is 14.1. The summed E-state index contributed by atoms with van der Waals surface area (Å²) < 4.78 is 17.0. The Kier molecular flexibility index (Phi) is 6.58. The zero-order valence-corrected chi connectivity index (χ0v) is 21.3. The molecule has 1 saturated carbocycles. The Morgan fingerprint density at radius 2 is 1.89 bits per heavy atom. The van der Waals surface area contributed by atoms with Crippen LogP contribution in [-0.2, 0) is 9.63 Å². The number of rotatable bonds is 4. The lowest BCUT2D eigenvalue weighted by Gasteiger charge is -2.31. The van der Waals surface area contributed by atoms with E-state index in [4.69, 9.17) is 4.84 Å². The lowest BCUT2D eigenvalue weighted by Crippen LogP contribution is -2.47. The summed E-state index contributed by atoms with van der Waals surface area (Å²) in [6.07, 6.45) is 7.71. The third-order valence-electron chi connectivity index (χ3n) is 8.04. The van der Waals surface area contributed by atoms with Gasteiger partial charge in [0, 0.05) is 24.7 Å². The van der Waals surface area contributed by atoms with Crippen molar-refractivity contribution in [1.29, 1.82) is 0 Å². The van der Waals surface area contributed by atoms with Crippen LogP contribution in [-0.4, -0.2) is 56.3 Å². The first-order valence-corrected chi connectivity index (χ1v) is 14.2. The lowest BCUT2D eigenvalue weighted by molar-refractivity contribution is -0.120. The highest BCUT2D eigenvalue weighted by atomic mass is 32.2. The van der Waals surface area contributed by atoms with Crippen LogP contribution in [0, 0.1) is 5.82 Å². The Morgan fingerprint density at radius 3 is 2.62 bits per heavy atom. The first kappa shape index (κ1) is 24.6. The molecule has 2 aromatic heterocycles. The molecule has 4 aliphatic rings. The molecule has 1 atom stereocenters. The van der Waals surface area contributed by atoms with E-state index in [1.54, 1.807) is 4.57 Å². The van der Waals surface area contributed by atoms with Crippen molar-refractivity contribution >= 4 is 28.7 Å². The second-order valence-electron chi connectivity index (χ2n) is 10.4. The van der Waals surface area contributed by atoms with E-state index in [1.165, 1.54) is 10.6 Å². The number of fused-ring (bicyclic) bond motifs is 1. The van der Waals surface area contributed by atoms with Gasteiger partial charge >= 0.3 is 5.69 Å². The van der Waals surface area contributed by atoms with E-state index in [2.05, 4.69) is 21.1 Å². The van der Waals surface area contributed by atoms with Crippen LogP contribution in [0.2, 0.25) is 0 Å².